The molecule has 1 aromatic carbocycles. The van der Waals surface area contributed by atoms with Crippen molar-refractivity contribution in [3.05, 3.63) is 23.8 Å². The van der Waals surface area contributed by atoms with Gasteiger partial charge >= 0.3 is 6.18 Å². The molecule has 1 fully saturated rings. The summed E-state index contributed by atoms with van der Waals surface area (Å²) in [5.74, 6) is -0.604. The van der Waals surface area contributed by atoms with Gasteiger partial charge in [-0.25, -0.2) is 0 Å². The van der Waals surface area contributed by atoms with Gasteiger partial charge in [-0.15, -0.1) is 0 Å². The lowest BCUT2D eigenvalue weighted by atomic mass is 10.1. The maximum absolute atomic E-state index is 12.1. The summed E-state index contributed by atoms with van der Waals surface area (Å²) in [4.78, 5) is 25.3. The van der Waals surface area contributed by atoms with Gasteiger partial charge in [0.1, 0.15) is 12.7 Å². The van der Waals surface area contributed by atoms with Crippen LogP contribution in [0.4, 0.5) is 24.5 Å². The number of nitrogens with one attached hydrogen (secondary N) is 1. The molecule has 1 N–H and O–H groups in total. The lowest BCUT2D eigenvalue weighted by molar-refractivity contribution is -0.184. The summed E-state index contributed by atoms with van der Waals surface area (Å²) in [5, 5.41) is 2.51. The van der Waals surface area contributed by atoms with E-state index in [4.69, 9.17) is 0 Å². The highest BCUT2D eigenvalue weighted by Crippen LogP contribution is 2.27. The van der Waals surface area contributed by atoms with Crippen molar-refractivity contribution in [1.29, 1.82) is 0 Å². The van der Waals surface area contributed by atoms with Crippen molar-refractivity contribution in [3.63, 3.8) is 0 Å². The fourth-order valence-electron chi connectivity index (χ4n) is 2.48. The summed E-state index contributed by atoms with van der Waals surface area (Å²) in [6.45, 7) is 2.25. The van der Waals surface area contributed by atoms with Crippen molar-refractivity contribution in [3.8, 4) is 0 Å². The summed E-state index contributed by atoms with van der Waals surface area (Å²) in [6.07, 6.45) is -4.38. The number of hydrogen-bond donors (Lipinski definition) is 1. The van der Waals surface area contributed by atoms with E-state index in [1.807, 2.05) is 0 Å². The van der Waals surface area contributed by atoms with Crippen LogP contribution in [0.15, 0.2) is 18.2 Å². The van der Waals surface area contributed by atoms with Gasteiger partial charge in [-0.2, -0.15) is 13.2 Å². The van der Waals surface area contributed by atoms with Crippen molar-refractivity contribution in [2.24, 2.45) is 0 Å². The van der Waals surface area contributed by atoms with Crippen LogP contribution >= 0.6 is 0 Å². The van der Waals surface area contributed by atoms with E-state index in [1.54, 1.807) is 30.0 Å². The first-order valence-electron chi connectivity index (χ1n) is 7.57. The number of amides is 2. The lowest BCUT2D eigenvalue weighted by Gasteiger charge is -2.20. The van der Waals surface area contributed by atoms with Gasteiger partial charge in [0.05, 0.1) is 0 Å². The Morgan fingerprint density at radius 2 is 2.12 bits per heavy atom. The average Bonchev–Trinajstić information content (AvgIpc) is 2.90. The lowest BCUT2D eigenvalue weighted by Crippen LogP contribution is -2.31. The molecule has 5 nitrogen and oxygen atoms in total. The molecule has 2 amide bonds. The van der Waals surface area contributed by atoms with E-state index in [2.05, 4.69) is 10.1 Å². The maximum Gasteiger partial charge on any atom is 0.411 e. The van der Waals surface area contributed by atoms with Crippen LogP contribution in [0.2, 0.25) is 0 Å². The quantitative estimate of drug-likeness (QED) is 0.893. The molecule has 2 rings (SSSR count). The van der Waals surface area contributed by atoms with Gasteiger partial charge in [-0.1, -0.05) is 0 Å². The van der Waals surface area contributed by atoms with Crippen LogP contribution in [-0.2, 0) is 14.3 Å². The van der Waals surface area contributed by atoms with Crippen LogP contribution in [0.5, 0.6) is 0 Å². The zero-order valence-corrected chi connectivity index (χ0v) is 13.4. The number of halogens is 3. The molecule has 0 aliphatic carbocycles. The third kappa shape index (κ3) is 4.70. The molecular weight excluding hydrogens is 325 g/mol. The first-order chi connectivity index (χ1) is 11.2. The van der Waals surface area contributed by atoms with E-state index in [0.717, 1.165) is 17.7 Å². The normalized spacial score (nSPS) is 16.4. The van der Waals surface area contributed by atoms with Crippen LogP contribution in [0.3, 0.4) is 0 Å². The smallest absolute Gasteiger partial charge is 0.359 e. The SMILES string of the molecule is Cc1cc(NC(=O)C(C)OCC(F)(F)F)ccc1N1CCCC1=O. The number of rotatable bonds is 5. The molecule has 0 bridgehead atoms. The second-order valence-electron chi connectivity index (χ2n) is 5.71. The molecule has 0 saturated carbocycles. The molecule has 1 heterocycles. The molecule has 0 spiro atoms. The van der Waals surface area contributed by atoms with Crippen molar-refractivity contribution >= 4 is 23.2 Å². The van der Waals surface area contributed by atoms with E-state index in [9.17, 15) is 22.8 Å². The monoisotopic (exact) mass is 344 g/mol. The van der Waals surface area contributed by atoms with Gasteiger partial charge in [-0.3, -0.25) is 9.59 Å². The molecule has 8 heteroatoms. The Hall–Kier alpha value is -2.09. The minimum Gasteiger partial charge on any atom is -0.359 e. The van der Waals surface area contributed by atoms with Crippen LogP contribution in [0.25, 0.3) is 0 Å². The highest BCUT2D eigenvalue weighted by molar-refractivity contribution is 5.97. The standard InChI is InChI=1S/C16H19F3N2O3/c1-10-8-12(5-6-13(10)21-7-3-4-14(21)22)20-15(23)11(2)24-9-16(17,18)19/h5-6,8,11H,3-4,7,9H2,1-2H3,(H,20,23). The molecule has 1 aliphatic rings. The Labute approximate surface area is 137 Å². The van der Waals surface area contributed by atoms with E-state index in [1.165, 1.54) is 6.92 Å². The number of anilines is 2. The Kier molecular flexibility index (Phi) is 5.48. The molecule has 24 heavy (non-hydrogen) atoms. The molecule has 1 saturated heterocycles. The Morgan fingerprint density at radius 3 is 2.67 bits per heavy atom. The average molecular weight is 344 g/mol. The Morgan fingerprint density at radius 1 is 1.42 bits per heavy atom. The van der Waals surface area contributed by atoms with Gasteiger partial charge in [0.2, 0.25) is 5.91 Å². The molecule has 1 unspecified atom stereocenters. The first kappa shape index (κ1) is 18.3. The Bertz CT molecular complexity index is 631. The number of nitrogens with zero attached hydrogens (tertiary/aromatic N) is 1. The highest BCUT2D eigenvalue weighted by Gasteiger charge is 2.30. The maximum atomic E-state index is 12.1. The molecule has 1 atom stereocenters. The van der Waals surface area contributed by atoms with Crippen LogP contribution < -0.4 is 10.2 Å². The van der Waals surface area contributed by atoms with Gasteiger partial charge in [-0.05, 0) is 44.0 Å². The fraction of sp³-hybridized carbons (Fsp3) is 0.500. The highest BCUT2D eigenvalue weighted by atomic mass is 19.4. The van der Waals surface area contributed by atoms with Gasteiger partial charge in [0, 0.05) is 24.3 Å². The van der Waals surface area contributed by atoms with Gasteiger partial charge in [0.25, 0.3) is 5.91 Å². The third-order valence-electron chi connectivity index (χ3n) is 3.69. The number of hydrogen-bond acceptors (Lipinski definition) is 3. The van der Waals surface area contributed by atoms with E-state index in [0.29, 0.717) is 18.7 Å². The van der Waals surface area contributed by atoms with E-state index in [-0.39, 0.29) is 5.91 Å². The Balaban J connectivity index is 1.99. The van der Waals surface area contributed by atoms with Crippen molar-refractivity contribution in [2.75, 3.05) is 23.4 Å². The largest absolute Gasteiger partial charge is 0.411 e. The molecule has 132 valence electrons. The van der Waals surface area contributed by atoms with Gasteiger partial charge < -0.3 is 15.0 Å². The minimum atomic E-state index is -4.48. The van der Waals surface area contributed by atoms with E-state index < -0.39 is 24.8 Å². The summed E-state index contributed by atoms with van der Waals surface area (Å²) in [5.41, 5.74) is 2.01. The van der Waals surface area contributed by atoms with Crippen molar-refractivity contribution in [2.45, 2.75) is 39.0 Å². The first-order valence-corrected chi connectivity index (χ1v) is 7.57. The summed E-state index contributed by atoms with van der Waals surface area (Å²) >= 11 is 0. The fourth-order valence-corrected chi connectivity index (χ4v) is 2.48. The zero-order valence-electron chi connectivity index (χ0n) is 13.4. The second-order valence-corrected chi connectivity index (χ2v) is 5.71. The number of carbonyl (C=O) groups excluding carboxylic acids is 2. The third-order valence-corrected chi connectivity index (χ3v) is 3.69. The summed E-state index contributed by atoms with van der Waals surface area (Å²) in [7, 11) is 0. The van der Waals surface area contributed by atoms with Crippen LogP contribution in [-0.4, -0.2) is 37.2 Å². The number of alkyl halides is 3. The zero-order chi connectivity index (χ0) is 17.9. The predicted molar refractivity (Wildman–Crippen MR) is 82.9 cm³/mol. The van der Waals surface area contributed by atoms with Crippen molar-refractivity contribution in [1.82, 2.24) is 0 Å². The topological polar surface area (TPSA) is 58.6 Å². The molecule has 0 aromatic heterocycles. The number of ether oxygens (including phenoxy) is 1. The predicted octanol–water partition coefficient (Wildman–Crippen LogP) is 3.03. The molecule has 0 radical (unpaired) electrons. The van der Waals surface area contributed by atoms with Crippen LogP contribution in [0.1, 0.15) is 25.3 Å². The number of aryl methyl sites for hydroxylation is 1. The molecular formula is C16H19F3N2O3. The van der Waals surface area contributed by atoms with E-state index >= 15 is 0 Å². The summed E-state index contributed by atoms with van der Waals surface area (Å²) < 4.78 is 40.8. The van der Waals surface area contributed by atoms with Crippen LogP contribution in [0, 0.1) is 6.92 Å². The second kappa shape index (κ2) is 7.21. The molecule has 1 aliphatic heterocycles. The minimum absolute atomic E-state index is 0.0593. The van der Waals surface area contributed by atoms with Gasteiger partial charge in [0.15, 0.2) is 0 Å². The molecule has 1 aromatic rings. The van der Waals surface area contributed by atoms with Crippen molar-refractivity contribution < 1.29 is 27.5 Å². The number of carbonyl (C=O) groups is 2. The summed E-state index contributed by atoms with van der Waals surface area (Å²) in [6, 6.07) is 5.01. The number of benzene rings is 1.